The lowest BCUT2D eigenvalue weighted by Crippen LogP contribution is -2.18. The first-order chi connectivity index (χ1) is 17.3. The van der Waals surface area contributed by atoms with Gasteiger partial charge in [0.05, 0.1) is 22.8 Å². The first-order valence-electron chi connectivity index (χ1n) is 11.2. The van der Waals surface area contributed by atoms with E-state index in [-0.39, 0.29) is 28.6 Å². The topological polar surface area (TPSA) is 109 Å². The number of nitrogens with zero attached hydrogens (tertiary/aromatic N) is 2. The number of carbonyl (C=O) groups excluding carboxylic acids is 1. The Morgan fingerprint density at radius 3 is 2.33 bits per heavy atom. The van der Waals surface area contributed by atoms with Crippen molar-refractivity contribution in [2.45, 2.75) is 24.3 Å². The van der Waals surface area contributed by atoms with Crippen LogP contribution in [0.5, 0.6) is 0 Å². The van der Waals surface area contributed by atoms with E-state index in [0.29, 0.717) is 16.8 Å². The molecule has 184 valence electrons. The van der Waals surface area contributed by atoms with E-state index >= 15 is 0 Å². The van der Waals surface area contributed by atoms with Gasteiger partial charge in [0.25, 0.3) is 0 Å². The maximum atomic E-state index is 14.5. The van der Waals surface area contributed by atoms with Gasteiger partial charge in [-0.2, -0.15) is 0 Å². The molecule has 4 aromatic rings. The Kier molecular flexibility index (Phi) is 7.52. The average Bonchev–Trinajstić information content (AvgIpc) is 2.90. The van der Waals surface area contributed by atoms with Crippen molar-refractivity contribution in [3.63, 3.8) is 0 Å². The molecule has 1 unspecified atom stereocenters. The summed E-state index contributed by atoms with van der Waals surface area (Å²) in [7, 11) is -3.56. The third-order valence-corrected chi connectivity index (χ3v) is 7.38. The molecule has 0 aliphatic carbocycles. The van der Waals surface area contributed by atoms with E-state index < -0.39 is 27.7 Å². The highest BCUT2D eigenvalue weighted by atomic mass is 32.2. The molecule has 0 radical (unpaired) electrons. The smallest absolute Gasteiger partial charge is 0.231 e. The summed E-state index contributed by atoms with van der Waals surface area (Å²) in [4.78, 5) is 21.2. The fourth-order valence-electron chi connectivity index (χ4n) is 3.67. The number of sulfone groups is 1. The molecule has 4 rings (SSSR count). The summed E-state index contributed by atoms with van der Waals surface area (Å²) in [5.41, 5.74) is 2.36. The number of anilines is 1. The highest BCUT2D eigenvalue weighted by Crippen LogP contribution is 2.30. The van der Waals surface area contributed by atoms with Crippen LogP contribution in [0.1, 0.15) is 29.8 Å². The van der Waals surface area contributed by atoms with Crippen LogP contribution in [0.2, 0.25) is 0 Å². The van der Waals surface area contributed by atoms with Gasteiger partial charge in [0, 0.05) is 11.8 Å². The summed E-state index contributed by atoms with van der Waals surface area (Å²) in [6.07, 6.45) is 0.0915. The molecule has 2 N–H and O–H groups in total. The number of benzene rings is 3. The zero-order valence-corrected chi connectivity index (χ0v) is 20.2. The summed E-state index contributed by atoms with van der Waals surface area (Å²) in [6.45, 7) is 1.47. The van der Waals surface area contributed by atoms with Crippen molar-refractivity contribution in [1.29, 1.82) is 0 Å². The monoisotopic (exact) mass is 505 g/mol. The molecule has 1 atom stereocenters. The third kappa shape index (κ3) is 5.64. The van der Waals surface area contributed by atoms with Crippen molar-refractivity contribution >= 4 is 21.7 Å². The van der Waals surface area contributed by atoms with Gasteiger partial charge in [0.2, 0.25) is 11.9 Å². The molecule has 1 amide bonds. The normalized spacial score (nSPS) is 12.2. The fourth-order valence-corrected chi connectivity index (χ4v) is 4.56. The highest BCUT2D eigenvalue weighted by Gasteiger charge is 2.20. The molecular formula is C27H24FN3O4S. The van der Waals surface area contributed by atoms with E-state index in [1.54, 1.807) is 24.3 Å². The number of halogens is 1. The zero-order chi connectivity index (χ0) is 25.7. The van der Waals surface area contributed by atoms with E-state index in [9.17, 15) is 22.7 Å². The van der Waals surface area contributed by atoms with Crippen LogP contribution < -0.4 is 5.32 Å². The van der Waals surface area contributed by atoms with Crippen LogP contribution in [-0.4, -0.2) is 35.2 Å². The van der Waals surface area contributed by atoms with E-state index in [0.717, 1.165) is 11.6 Å². The Hall–Kier alpha value is -3.95. The summed E-state index contributed by atoms with van der Waals surface area (Å²) in [5.74, 6) is -1.58. The number of hydrogen-bond acceptors (Lipinski definition) is 6. The van der Waals surface area contributed by atoms with Gasteiger partial charge in [-0.25, -0.2) is 22.8 Å². The largest absolute Gasteiger partial charge is 0.382 e. The molecule has 9 heteroatoms. The fraction of sp³-hybridized carbons (Fsp3) is 0.148. The number of carbonyl (C=O) groups is 1. The molecule has 0 spiro atoms. The van der Waals surface area contributed by atoms with Crippen LogP contribution in [-0.2, 0) is 21.1 Å². The van der Waals surface area contributed by atoms with Gasteiger partial charge in [0.15, 0.2) is 9.84 Å². The third-order valence-electron chi connectivity index (χ3n) is 5.64. The first kappa shape index (κ1) is 25.2. The highest BCUT2D eigenvalue weighted by molar-refractivity contribution is 7.91. The Morgan fingerprint density at radius 1 is 1.03 bits per heavy atom. The van der Waals surface area contributed by atoms with Crippen LogP contribution >= 0.6 is 0 Å². The summed E-state index contributed by atoms with van der Waals surface area (Å²) in [6, 6.07) is 21.8. The average molecular weight is 506 g/mol. The lowest BCUT2D eigenvalue weighted by Gasteiger charge is -2.16. The molecule has 1 heterocycles. The lowest BCUT2D eigenvalue weighted by molar-refractivity contribution is -0.115. The molecule has 3 aromatic carbocycles. The molecule has 0 aliphatic heterocycles. The van der Waals surface area contributed by atoms with Gasteiger partial charge < -0.3 is 5.11 Å². The Balaban J connectivity index is 1.60. The minimum absolute atomic E-state index is 0.0352. The second kappa shape index (κ2) is 10.8. The van der Waals surface area contributed by atoms with Crippen molar-refractivity contribution in [1.82, 2.24) is 9.97 Å². The van der Waals surface area contributed by atoms with Crippen LogP contribution in [0.15, 0.2) is 90.0 Å². The number of aromatic nitrogens is 2. The van der Waals surface area contributed by atoms with Gasteiger partial charge in [0.1, 0.15) is 11.9 Å². The van der Waals surface area contributed by atoms with Crippen LogP contribution in [0.3, 0.4) is 0 Å². The molecule has 0 bridgehead atoms. The first-order valence-corrected chi connectivity index (χ1v) is 12.9. The summed E-state index contributed by atoms with van der Waals surface area (Å²) in [5, 5.41) is 13.6. The number of aliphatic hydroxyl groups is 1. The van der Waals surface area contributed by atoms with Gasteiger partial charge in [-0.3, -0.25) is 10.1 Å². The van der Waals surface area contributed by atoms with E-state index in [2.05, 4.69) is 15.3 Å². The predicted octanol–water partition coefficient (Wildman–Crippen LogP) is 4.34. The molecule has 7 nitrogen and oxygen atoms in total. The summed E-state index contributed by atoms with van der Waals surface area (Å²) < 4.78 is 38.4. The lowest BCUT2D eigenvalue weighted by atomic mass is 9.98. The van der Waals surface area contributed by atoms with E-state index in [1.165, 1.54) is 25.3 Å². The number of rotatable bonds is 8. The Labute approximate surface area is 208 Å². The predicted molar refractivity (Wildman–Crippen MR) is 134 cm³/mol. The number of amides is 1. The second-order valence-corrected chi connectivity index (χ2v) is 10.3. The van der Waals surface area contributed by atoms with Crippen LogP contribution in [0.25, 0.3) is 11.1 Å². The van der Waals surface area contributed by atoms with E-state index in [1.807, 2.05) is 36.4 Å². The SMILES string of the molecule is CCS(=O)(=O)c1ccc(CC(=O)Nc2ncc(-c3ccccc3)c(C(O)c3ccccc3)n2)c(F)c1. The van der Waals surface area contributed by atoms with Gasteiger partial charge in [-0.15, -0.1) is 0 Å². The molecule has 36 heavy (non-hydrogen) atoms. The molecule has 0 saturated carbocycles. The molecule has 0 fully saturated rings. The van der Waals surface area contributed by atoms with Crippen molar-refractivity contribution < 1.29 is 22.7 Å². The minimum Gasteiger partial charge on any atom is -0.382 e. The molecule has 1 aromatic heterocycles. The summed E-state index contributed by atoms with van der Waals surface area (Å²) >= 11 is 0. The quantitative estimate of drug-likeness (QED) is 0.369. The van der Waals surface area contributed by atoms with Crippen molar-refractivity contribution in [2.24, 2.45) is 0 Å². The van der Waals surface area contributed by atoms with Crippen LogP contribution in [0.4, 0.5) is 10.3 Å². The maximum absolute atomic E-state index is 14.5. The standard InChI is InChI=1S/C27H24FN3O4S/c1-2-36(34,35)21-14-13-20(23(28)16-21)15-24(32)30-27-29-17-22(18-9-5-3-6-10-18)25(31-27)26(33)19-11-7-4-8-12-19/h3-14,16-17,26,33H,2,15H2,1H3,(H,29,30,31,32). The zero-order valence-electron chi connectivity index (χ0n) is 19.4. The Bertz CT molecular complexity index is 1480. The number of nitrogens with one attached hydrogen (secondary N) is 1. The molecular weight excluding hydrogens is 481 g/mol. The van der Waals surface area contributed by atoms with Gasteiger partial charge >= 0.3 is 0 Å². The number of hydrogen-bond donors (Lipinski definition) is 2. The second-order valence-electron chi connectivity index (χ2n) is 8.05. The minimum atomic E-state index is -3.56. The van der Waals surface area contributed by atoms with Gasteiger partial charge in [-0.05, 0) is 28.8 Å². The maximum Gasteiger partial charge on any atom is 0.231 e. The molecule has 0 aliphatic rings. The van der Waals surface area contributed by atoms with Crippen molar-refractivity contribution in [3.05, 3.63) is 108 Å². The Morgan fingerprint density at radius 2 is 1.69 bits per heavy atom. The van der Waals surface area contributed by atoms with Gasteiger partial charge in [-0.1, -0.05) is 73.7 Å². The van der Waals surface area contributed by atoms with Crippen molar-refractivity contribution in [3.8, 4) is 11.1 Å². The number of aliphatic hydroxyl groups excluding tert-OH is 1. The van der Waals surface area contributed by atoms with E-state index in [4.69, 9.17) is 0 Å². The van der Waals surface area contributed by atoms with Crippen molar-refractivity contribution in [2.75, 3.05) is 11.1 Å². The van der Waals surface area contributed by atoms with Crippen LogP contribution in [0, 0.1) is 5.82 Å². The molecule has 0 saturated heterocycles.